The molecule has 6 nitrogen and oxygen atoms in total. The molecule has 3 rings (SSSR count). The molecule has 0 unspecified atom stereocenters. The first-order valence-corrected chi connectivity index (χ1v) is 8.30. The van der Waals surface area contributed by atoms with E-state index in [1.54, 1.807) is 11.0 Å². The van der Waals surface area contributed by atoms with Crippen LogP contribution >= 0.6 is 12.2 Å². The van der Waals surface area contributed by atoms with Gasteiger partial charge in [-0.15, -0.1) is 0 Å². The molecule has 2 aliphatic rings. The van der Waals surface area contributed by atoms with Crippen LogP contribution in [-0.2, 0) is 14.3 Å². The van der Waals surface area contributed by atoms with E-state index in [0.717, 1.165) is 0 Å². The fourth-order valence-electron chi connectivity index (χ4n) is 2.82. The first-order chi connectivity index (χ1) is 11.5. The summed E-state index contributed by atoms with van der Waals surface area (Å²) >= 11 is 5.22. The number of benzene rings is 1. The number of hydrogen-bond acceptors (Lipinski definition) is 5. The van der Waals surface area contributed by atoms with Gasteiger partial charge in [0.2, 0.25) is 5.91 Å². The summed E-state index contributed by atoms with van der Waals surface area (Å²) in [6.07, 6.45) is -0.233. The quantitative estimate of drug-likeness (QED) is 0.824. The lowest BCUT2D eigenvalue weighted by molar-refractivity contribution is -0.119. The number of ether oxygens (including phenoxy) is 2. The van der Waals surface area contributed by atoms with Gasteiger partial charge in [0.25, 0.3) is 5.17 Å². The molecule has 1 atom stereocenters. The second kappa shape index (κ2) is 7.31. The van der Waals surface area contributed by atoms with E-state index >= 15 is 0 Å². The Hall–Kier alpha value is -1.93. The van der Waals surface area contributed by atoms with Crippen molar-refractivity contribution in [2.45, 2.75) is 13.0 Å². The molecule has 2 saturated heterocycles. The fraction of sp³-hybridized carbons (Fsp3) is 0.500. The topological polar surface area (TPSA) is 54.0 Å². The molecule has 130 valence electrons. The Morgan fingerprint density at radius 3 is 2.83 bits per heavy atom. The van der Waals surface area contributed by atoms with Gasteiger partial charge in [-0.25, -0.2) is 4.39 Å². The van der Waals surface area contributed by atoms with Crippen LogP contribution in [-0.4, -0.2) is 56.6 Å². The van der Waals surface area contributed by atoms with Gasteiger partial charge >= 0.3 is 0 Å². The molecule has 0 radical (unpaired) electrons. The number of halogens is 1. The molecular formula is C16H20FN3O3S. The second-order valence-corrected chi connectivity index (χ2v) is 6.14. The van der Waals surface area contributed by atoms with Crippen molar-refractivity contribution < 1.29 is 18.7 Å². The first-order valence-electron chi connectivity index (χ1n) is 7.89. The van der Waals surface area contributed by atoms with E-state index in [9.17, 15) is 9.18 Å². The predicted octanol–water partition coefficient (Wildman–Crippen LogP) is 1.29. The van der Waals surface area contributed by atoms with Crippen LogP contribution in [0.4, 0.5) is 15.8 Å². The van der Waals surface area contributed by atoms with Gasteiger partial charge in [-0.2, -0.15) is 0 Å². The van der Waals surface area contributed by atoms with Crippen molar-refractivity contribution in [1.29, 1.82) is 0 Å². The molecule has 0 saturated carbocycles. The summed E-state index contributed by atoms with van der Waals surface area (Å²) in [7, 11) is 0. The number of thiocarbonyl (C=S) groups is 1. The van der Waals surface area contributed by atoms with Crippen molar-refractivity contribution in [3.63, 3.8) is 0 Å². The van der Waals surface area contributed by atoms with Gasteiger partial charge in [-0.1, -0.05) is 0 Å². The maximum absolute atomic E-state index is 14.5. The van der Waals surface area contributed by atoms with Gasteiger partial charge in [0, 0.05) is 25.7 Å². The summed E-state index contributed by atoms with van der Waals surface area (Å²) < 4.78 is 25.4. The maximum Gasteiger partial charge on any atom is 0.264 e. The van der Waals surface area contributed by atoms with Crippen molar-refractivity contribution in [1.82, 2.24) is 5.32 Å². The molecule has 0 aromatic heterocycles. The zero-order chi connectivity index (χ0) is 17.1. The van der Waals surface area contributed by atoms with Crippen molar-refractivity contribution in [3.8, 4) is 0 Å². The Bertz CT molecular complexity index is 637. The number of carbonyl (C=O) groups excluding carboxylic acids is 1. The average molecular weight is 353 g/mol. The van der Waals surface area contributed by atoms with E-state index < -0.39 is 0 Å². The number of anilines is 2. The molecule has 1 aromatic rings. The lowest BCUT2D eigenvalue weighted by atomic mass is 10.2. The lowest BCUT2D eigenvalue weighted by Gasteiger charge is -2.29. The van der Waals surface area contributed by atoms with Gasteiger partial charge in [0.15, 0.2) is 0 Å². The third-order valence-electron chi connectivity index (χ3n) is 4.05. The Balaban J connectivity index is 1.69. The van der Waals surface area contributed by atoms with E-state index in [1.807, 2.05) is 11.0 Å². The van der Waals surface area contributed by atoms with Crippen LogP contribution in [0.3, 0.4) is 0 Å². The van der Waals surface area contributed by atoms with Gasteiger partial charge in [0.1, 0.15) is 11.9 Å². The highest BCUT2D eigenvalue weighted by Gasteiger charge is 2.30. The molecule has 1 amide bonds. The zero-order valence-electron chi connectivity index (χ0n) is 13.5. The van der Waals surface area contributed by atoms with Crippen LogP contribution in [0.1, 0.15) is 6.92 Å². The number of nitrogens with one attached hydrogen (secondary N) is 1. The highest BCUT2D eigenvalue weighted by Crippen LogP contribution is 2.28. The minimum Gasteiger partial charge on any atom is -0.464 e. The summed E-state index contributed by atoms with van der Waals surface area (Å²) in [5.74, 6) is -0.411. The Kier molecular flexibility index (Phi) is 5.15. The monoisotopic (exact) mass is 353 g/mol. The number of hydrogen-bond donors (Lipinski definition) is 1. The van der Waals surface area contributed by atoms with E-state index in [2.05, 4.69) is 5.32 Å². The molecule has 24 heavy (non-hydrogen) atoms. The summed E-state index contributed by atoms with van der Waals surface area (Å²) in [6.45, 7) is 4.88. The van der Waals surface area contributed by atoms with Gasteiger partial charge in [0.05, 0.1) is 32.0 Å². The normalized spacial score (nSPS) is 20.9. The van der Waals surface area contributed by atoms with E-state index in [1.165, 1.54) is 13.0 Å². The molecule has 2 aliphatic heterocycles. The second-order valence-electron chi connectivity index (χ2n) is 5.79. The standard InChI is InChI=1S/C16H20FN3O3S/c1-11(21)18-9-13-10-20(16(24)23-13)12-2-3-15(14(17)8-12)19-4-6-22-7-5-19/h2-3,8,13H,4-7,9-10H2,1H3,(H,18,21)/t13-/m0/s1. The van der Waals surface area contributed by atoms with Crippen LogP contribution in [0.15, 0.2) is 18.2 Å². The molecule has 2 heterocycles. The SMILES string of the molecule is CC(=O)NC[C@H]1CN(c2ccc(N3CCOCC3)c(F)c2)C(=S)O1. The van der Waals surface area contributed by atoms with E-state index in [-0.39, 0.29) is 17.8 Å². The smallest absolute Gasteiger partial charge is 0.264 e. The molecule has 0 aliphatic carbocycles. The summed E-state index contributed by atoms with van der Waals surface area (Å²) in [5.41, 5.74) is 1.22. The van der Waals surface area contributed by atoms with Crippen LogP contribution in [0.5, 0.6) is 0 Å². The predicted molar refractivity (Wildman–Crippen MR) is 92.9 cm³/mol. The maximum atomic E-state index is 14.5. The third kappa shape index (κ3) is 3.76. The number of morpholine rings is 1. The summed E-state index contributed by atoms with van der Waals surface area (Å²) in [6, 6.07) is 5.07. The van der Waals surface area contributed by atoms with Crippen LogP contribution in [0.2, 0.25) is 0 Å². The number of rotatable bonds is 4. The summed E-state index contributed by atoms with van der Waals surface area (Å²) in [4.78, 5) is 14.7. The minimum absolute atomic E-state index is 0.121. The number of carbonyl (C=O) groups is 1. The fourth-order valence-corrected chi connectivity index (χ4v) is 3.14. The van der Waals surface area contributed by atoms with Crippen molar-refractivity contribution in [2.24, 2.45) is 0 Å². The van der Waals surface area contributed by atoms with E-state index in [0.29, 0.717) is 55.9 Å². The molecule has 1 aromatic carbocycles. The lowest BCUT2D eigenvalue weighted by Crippen LogP contribution is -2.36. The molecule has 1 N–H and O–H groups in total. The Morgan fingerprint density at radius 2 is 2.17 bits per heavy atom. The minimum atomic E-state index is -0.289. The molecule has 0 spiro atoms. The Labute approximate surface area is 145 Å². The van der Waals surface area contributed by atoms with Gasteiger partial charge < -0.3 is 19.7 Å². The van der Waals surface area contributed by atoms with Crippen LogP contribution < -0.4 is 15.1 Å². The van der Waals surface area contributed by atoms with Crippen molar-refractivity contribution >= 4 is 34.7 Å². The van der Waals surface area contributed by atoms with Crippen LogP contribution in [0, 0.1) is 5.82 Å². The molecule has 0 bridgehead atoms. The molecule has 2 fully saturated rings. The van der Waals surface area contributed by atoms with Gasteiger partial charge in [-0.3, -0.25) is 9.69 Å². The highest BCUT2D eigenvalue weighted by atomic mass is 32.1. The third-order valence-corrected chi connectivity index (χ3v) is 4.36. The van der Waals surface area contributed by atoms with Crippen molar-refractivity contribution in [3.05, 3.63) is 24.0 Å². The zero-order valence-corrected chi connectivity index (χ0v) is 14.3. The summed E-state index contributed by atoms with van der Waals surface area (Å²) in [5, 5.41) is 3.00. The largest absolute Gasteiger partial charge is 0.464 e. The number of amides is 1. The number of nitrogens with zero attached hydrogens (tertiary/aromatic N) is 2. The van der Waals surface area contributed by atoms with E-state index in [4.69, 9.17) is 21.7 Å². The van der Waals surface area contributed by atoms with Crippen LogP contribution in [0.25, 0.3) is 0 Å². The molecular weight excluding hydrogens is 333 g/mol. The Morgan fingerprint density at radius 1 is 1.42 bits per heavy atom. The average Bonchev–Trinajstić information content (AvgIpc) is 2.94. The van der Waals surface area contributed by atoms with Gasteiger partial charge in [-0.05, 0) is 30.4 Å². The van der Waals surface area contributed by atoms with Crippen molar-refractivity contribution in [2.75, 3.05) is 49.2 Å². The first kappa shape index (κ1) is 16.9. The highest BCUT2D eigenvalue weighted by molar-refractivity contribution is 7.80. The molecule has 8 heteroatoms.